The van der Waals surface area contributed by atoms with Crippen molar-refractivity contribution in [3.63, 3.8) is 0 Å². The van der Waals surface area contributed by atoms with E-state index in [1.54, 1.807) is 6.07 Å². The second-order valence-electron chi connectivity index (χ2n) is 4.61. The van der Waals surface area contributed by atoms with Crippen molar-refractivity contribution in [3.8, 4) is 5.75 Å². The average Bonchev–Trinajstić information content (AvgIpc) is 2.26. The van der Waals surface area contributed by atoms with Gasteiger partial charge in [0.25, 0.3) is 0 Å². The number of aryl methyl sites for hydroxylation is 1. The molecular formula is C13H18Cl2O3S. The molecule has 0 N–H and O–H groups in total. The van der Waals surface area contributed by atoms with Crippen LogP contribution in [0.5, 0.6) is 5.75 Å². The topological polar surface area (TPSA) is 43.4 Å². The Morgan fingerprint density at radius 2 is 2.05 bits per heavy atom. The van der Waals surface area contributed by atoms with Gasteiger partial charge < -0.3 is 4.74 Å². The van der Waals surface area contributed by atoms with Gasteiger partial charge in [-0.1, -0.05) is 31.0 Å². The van der Waals surface area contributed by atoms with Gasteiger partial charge >= 0.3 is 0 Å². The van der Waals surface area contributed by atoms with Crippen LogP contribution in [0.3, 0.4) is 0 Å². The van der Waals surface area contributed by atoms with Crippen LogP contribution in [-0.2, 0) is 9.05 Å². The highest BCUT2D eigenvalue weighted by molar-refractivity contribution is 8.13. The quantitative estimate of drug-likeness (QED) is 0.711. The summed E-state index contributed by atoms with van der Waals surface area (Å²) in [5, 5.41) is 0.531. The molecule has 0 radical (unpaired) electrons. The number of ether oxygens (including phenoxy) is 1. The number of benzene rings is 1. The average molecular weight is 325 g/mol. The first-order chi connectivity index (χ1) is 8.81. The molecule has 1 unspecified atom stereocenters. The van der Waals surface area contributed by atoms with Crippen molar-refractivity contribution in [1.29, 1.82) is 0 Å². The summed E-state index contributed by atoms with van der Waals surface area (Å²) >= 11 is 6.05. The number of halogens is 2. The second kappa shape index (κ2) is 7.36. The zero-order valence-electron chi connectivity index (χ0n) is 11.0. The van der Waals surface area contributed by atoms with Gasteiger partial charge in [0.1, 0.15) is 5.75 Å². The first-order valence-electron chi connectivity index (χ1n) is 6.13. The molecule has 0 fully saturated rings. The van der Waals surface area contributed by atoms with Crippen LogP contribution in [0.2, 0.25) is 5.02 Å². The molecule has 0 saturated heterocycles. The molecule has 3 nitrogen and oxygen atoms in total. The predicted molar refractivity (Wildman–Crippen MR) is 79.7 cm³/mol. The number of rotatable bonds is 7. The van der Waals surface area contributed by atoms with Crippen LogP contribution in [0, 0.1) is 12.8 Å². The van der Waals surface area contributed by atoms with Crippen molar-refractivity contribution in [3.05, 3.63) is 28.8 Å². The van der Waals surface area contributed by atoms with Crippen LogP contribution >= 0.6 is 22.3 Å². The fourth-order valence-corrected chi connectivity index (χ4v) is 3.49. The fraction of sp³-hybridized carbons (Fsp3) is 0.538. The summed E-state index contributed by atoms with van der Waals surface area (Å²) in [5.74, 6) is 0.372. The second-order valence-corrected chi connectivity index (χ2v) is 7.83. The SMILES string of the molecule is CCCC(COc1ccc(C)cc1Cl)CS(=O)(=O)Cl. The highest BCUT2D eigenvalue weighted by Gasteiger charge is 2.17. The Morgan fingerprint density at radius 1 is 1.37 bits per heavy atom. The third-order valence-corrected chi connectivity index (χ3v) is 4.24. The van der Waals surface area contributed by atoms with Crippen molar-refractivity contribution in [2.24, 2.45) is 5.92 Å². The summed E-state index contributed by atoms with van der Waals surface area (Å²) in [5.41, 5.74) is 1.05. The number of hydrogen-bond acceptors (Lipinski definition) is 3. The Morgan fingerprint density at radius 3 is 2.58 bits per heavy atom. The minimum absolute atomic E-state index is 0.0775. The van der Waals surface area contributed by atoms with Crippen LogP contribution in [0.25, 0.3) is 0 Å². The molecule has 1 rings (SSSR count). The molecule has 6 heteroatoms. The molecule has 0 saturated carbocycles. The third-order valence-electron chi connectivity index (χ3n) is 2.69. The smallest absolute Gasteiger partial charge is 0.232 e. The van der Waals surface area contributed by atoms with Crippen molar-refractivity contribution in [2.45, 2.75) is 26.7 Å². The molecule has 1 aromatic rings. The molecule has 0 bridgehead atoms. The Balaban J connectivity index is 2.65. The first kappa shape index (κ1) is 16.6. The van der Waals surface area contributed by atoms with Crippen molar-refractivity contribution in [2.75, 3.05) is 12.4 Å². The molecule has 0 aliphatic carbocycles. The molecular weight excluding hydrogens is 307 g/mol. The lowest BCUT2D eigenvalue weighted by molar-refractivity contribution is 0.253. The monoisotopic (exact) mass is 324 g/mol. The van der Waals surface area contributed by atoms with Gasteiger partial charge in [-0.25, -0.2) is 8.42 Å². The van der Waals surface area contributed by atoms with Crippen molar-refractivity contribution < 1.29 is 13.2 Å². The highest BCUT2D eigenvalue weighted by Crippen LogP contribution is 2.26. The lowest BCUT2D eigenvalue weighted by atomic mass is 10.1. The molecule has 19 heavy (non-hydrogen) atoms. The summed E-state index contributed by atoms with van der Waals surface area (Å²) in [6, 6.07) is 5.49. The van der Waals surface area contributed by atoms with Crippen LogP contribution < -0.4 is 4.74 Å². The van der Waals surface area contributed by atoms with E-state index in [4.69, 9.17) is 27.0 Å². The molecule has 108 valence electrons. The maximum Gasteiger partial charge on any atom is 0.232 e. The van der Waals surface area contributed by atoms with Gasteiger partial charge in [-0.15, -0.1) is 0 Å². The van der Waals surface area contributed by atoms with Gasteiger partial charge in [0.15, 0.2) is 0 Å². The van der Waals surface area contributed by atoms with E-state index in [0.717, 1.165) is 18.4 Å². The molecule has 0 amide bonds. The van der Waals surface area contributed by atoms with Crippen LogP contribution in [0.15, 0.2) is 18.2 Å². The van der Waals surface area contributed by atoms with Crippen LogP contribution in [-0.4, -0.2) is 20.8 Å². The first-order valence-corrected chi connectivity index (χ1v) is 8.98. The number of hydrogen-bond donors (Lipinski definition) is 0. The summed E-state index contributed by atoms with van der Waals surface area (Å²) in [7, 11) is 1.78. The Hall–Kier alpha value is -0.450. The largest absolute Gasteiger partial charge is 0.492 e. The van der Waals surface area contributed by atoms with E-state index in [0.29, 0.717) is 17.4 Å². The summed E-state index contributed by atoms with van der Waals surface area (Å²) in [4.78, 5) is 0. The van der Waals surface area contributed by atoms with E-state index in [1.807, 2.05) is 26.0 Å². The lowest BCUT2D eigenvalue weighted by Crippen LogP contribution is -2.19. The maximum absolute atomic E-state index is 11.1. The van der Waals surface area contributed by atoms with Gasteiger partial charge in [-0.05, 0) is 31.0 Å². The van der Waals surface area contributed by atoms with Crippen molar-refractivity contribution in [1.82, 2.24) is 0 Å². The molecule has 1 atom stereocenters. The summed E-state index contributed by atoms with van der Waals surface area (Å²) < 4.78 is 27.8. The van der Waals surface area contributed by atoms with E-state index in [9.17, 15) is 8.42 Å². The summed E-state index contributed by atoms with van der Waals surface area (Å²) in [6.07, 6.45) is 1.62. The third kappa shape index (κ3) is 6.50. The highest BCUT2D eigenvalue weighted by atomic mass is 35.7. The lowest BCUT2D eigenvalue weighted by Gasteiger charge is -2.16. The van der Waals surface area contributed by atoms with Gasteiger partial charge in [-0.2, -0.15) is 0 Å². The molecule has 0 aliphatic heterocycles. The van der Waals surface area contributed by atoms with Crippen LogP contribution in [0.4, 0.5) is 0 Å². The van der Waals surface area contributed by atoms with E-state index in [2.05, 4.69) is 0 Å². The molecule has 0 aliphatic rings. The minimum Gasteiger partial charge on any atom is -0.492 e. The van der Waals surface area contributed by atoms with Crippen molar-refractivity contribution >= 4 is 31.3 Å². The van der Waals surface area contributed by atoms with E-state index < -0.39 is 9.05 Å². The summed E-state index contributed by atoms with van der Waals surface area (Å²) in [6.45, 7) is 4.23. The normalized spacial score (nSPS) is 13.3. The van der Waals surface area contributed by atoms with E-state index >= 15 is 0 Å². The van der Waals surface area contributed by atoms with Gasteiger partial charge in [-0.3, -0.25) is 0 Å². The molecule has 0 heterocycles. The predicted octanol–water partition coefficient (Wildman–Crippen LogP) is 4.01. The van der Waals surface area contributed by atoms with Gasteiger partial charge in [0.05, 0.1) is 17.4 Å². The zero-order chi connectivity index (χ0) is 14.5. The van der Waals surface area contributed by atoms with Crippen LogP contribution in [0.1, 0.15) is 25.3 Å². The fourth-order valence-electron chi connectivity index (χ4n) is 1.84. The molecule has 1 aromatic carbocycles. The van der Waals surface area contributed by atoms with Gasteiger partial charge in [0, 0.05) is 16.6 Å². The standard InChI is InChI=1S/C13H18Cl2O3S/c1-3-4-11(9-19(15,16)17)8-18-13-6-5-10(2)7-12(13)14/h5-7,11H,3-4,8-9H2,1-2H3. The minimum atomic E-state index is -3.51. The van der Waals surface area contributed by atoms with E-state index in [-0.39, 0.29) is 11.7 Å². The Bertz CT molecular complexity index is 515. The molecule has 0 aromatic heterocycles. The van der Waals surface area contributed by atoms with Gasteiger partial charge in [0.2, 0.25) is 9.05 Å². The van der Waals surface area contributed by atoms with E-state index in [1.165, 1.54) is 0 Å². The maximum atomic E-state index is 11.1. The Kier molecular flexibility index (Phi) is 6.43. The zero-order valence-corrected chi connectivity index (χ0v) is 13.4. The molecule has 0 spiro atoms. The Labute approximate surface area is 124 Å².